The third-order valence-electron chi connectivity index (χ3n) is 7.71. The molecule has 0 aliphatic carbocycles. The third kappa shape index (κ3) is 7.41. The first-order valence-corrected chi connectivity index (χ1v) is 16.7. The molecule has 0 radical (unpaired) electrons. The maximum Gasteiger partial charge on any atom is 0.253 e. The Kier molecular flexibility index (Phi) is 9.52. The number of aromatic nitrogens is 3. The van der Waals surface area contributed by atoms with E-state index in [0.717, 1.165) is 28.1 Å². The van der Waals surface area contributed by atoms with E-state index in [2.05, 4.69) is 58.8 Å². The van der Waals surface area contributed by atoms with Gasteiger partial charge in [0.25, 0.3) is 11.8 Å². The molecule has 1 N–H and O–H groups in total. The Morgan fingerprint density at radius 2 is 1.76 bits per heavy atom. The van der Waals surface area contributed by atoms with Gasteiger partial charge in [0.15, 0.2) is 11.0 Å². The van der Waals surface area contributed by atoms with Gasteiger partial charge in [0.05, 0.1) is 28.9 Å². The average molecular weight is 635 g/mol. The van der Waals surface area contributed by atoms with Gasteiger partial charge in [-0.25, -0.2) is 5.01 Å². The lowest BCUT2D eigenvalue weighted by molar-refractivity contribution is -0.130. The normalized spacial score (nSPS) is 14.4. The first-order valence-electron chi connectivity index (χ1n) is 14.9. The van der Waals surface area contributed by atoms with Gasteiger partial charge in [0.2, 0.25) is 0 Å². The van der Waals surface area contributed by atoms with Crippen molar-refractivity contribution in [1.29, 1.82) is 0 Å². The van der Waals surface area contributed by atoms with Gasteiger partial charge >= 0.3 is 0 Å². The van der Waals surface area contributed by atoms with Crippen LogP contribution in [0.15, 0.2) is 107 Å². The van der Waals surface area contributed by atoms with Crippen molar-refractivity contribution in [2.45, 2.75) is 51.0 Å². The van der Waals surface area contributed by atoms with E-state index in [9.17, 15) is 9.59 Å². The molecule has 0 saturated heterocycles. The highest BCUT2D eigenvalue weighted by atomic mass is 32.2. The van der Waals surface area contributed by atoms with Crippen molar-refractivity contribution in [2.75, 3.05) is 5.75 Å². The van der Waals surface area contributed by atoms with E-state index >= 15 is 0 Å². The van der Waals surface area contributed by atoms with Crippen LogP contribution in [0.25, 0.3) is 0 Å². The number of nitrogens with zero attached hydrogens (tertiary/aromatic N) is 5. The highest BCUT2D eigenvalue weighted by molar-refractivity contribution is 7.99. The van der Waals surface area contributed by atoms with Gasteiger partial charge in [0.1, 0.15) is 0 Å². The minimum Gasteiger partial charge on any atom is -0.345 e. The Morgan fingerprint density at radius 3 is 2.51 bits per heavy atom. The Balaban J connectivity index is 1.19. The van der Waals surface area contributed by atoms with Crippen molar-refractivity contribution in [3.05, 3.63) is 135 Å². The number of carbonyl (C=O) groups excluding carboxylic acids is 2. The second-order valence-corrected chi connectivity index (χ2v) is 12.9. The number of aryl methyl sites for hydroxylation is 3. The summed E-state index contributed by atoms with van der Waals surface area (Å²) in [5.41, 5.74) is 5.96. The van der Waals surface area contributed by atoms with Crippen LogP contribution in [0.4, 0.5) is 0 Å². The van der Waals surface area contributed by atoms with Crippen LogP contribution in [0.1, 0.15) is 55.8 Å². The predicted octanol–water partition coefficient (Wildman–Crippen LogP) is 6.60. The SMILES string of the molecule is Cc1ccc([C@@H]2CC(c3cccs3)=NN2C(=O)CSc2nnc(CNC(=O)c3cccc(C)c3)n2CCc2ccccc2)cc1. The summed E-state index contributed by atoms with van der Waals surface area (Å²) in [5.74, 6) is 0.529. The molecule has 2 aromatic heterocycles. The topological polar surface area (TPSA) is 92.5 Å². The van der Waals surface area contributed by atoms with Crippen LogP contribution >= 0.6 is 23.1 Å². The van der Waals surface area contributed by atoms with E-state index in [1.165, 1.54) is 22.9 Å². The maximum absolute atomic E-state index is 13.8. The molecule has 5 aromatic rings. The molecule has 6 rings (SSSR count). The number of amides is 2. The van der Waals surface area contributed by atoms with Crippen LogP contribution in [0, 0.1) is 13.8 Å². The molecule has 228 valence electrons. The van der Waals surface area contributed by atoms with Crippen molar-refractivity contribution in [2.24, 2.45) is 5.10 Å². The molecule has 1 aliphatic rings. The monoisotopic (exact) mass is 634 g/mol. The van der Waals surface area contributed by atoms with Crippen molar-refractivity contribution in [3.8, 4) is 0 Å². The lowest BCUT2D eigenvalue weighted by Gasteiger charge is -2.22. The quantitative estimate of drug-likeness (QED) is 0.165. The summed E-state index contributed by atoms with van der Waals surface area (Å²) in [6.45, 7) is 4.85. The fraction of sp³-hybridized carbons (Fsp3) is 0.229. The smallest absolute Gasteiger partial charge is 0.253 e. The molecule has 0 unspecified atom stereocenters. The molecule has 2 amide bonds. The molecule has 8 nitrogen and oxygen atoms in total. The molecular weight excluding hydrogens is 601 g/mol. The minimum atomic E-state index is -0.170. The number of thiophene rings is 1. The van der Waals surface area contributed by atoms with E-state index in [4.69, 9.17) is 5.10 Å². The summed E-state index contributed by atoms with van der Waals surface area (Å²) in [5, 5.41) is 21.0. The molecule has 0 spiro atoms. The number of carbonyl (C=O) groups is 2. The summed E-state index contributed by atoms with van der Waals surface area (Å²) in [6.07, 6.45) is 1.42. The molecule has 0 saturated carbocycles. The minimum absolute atomic E-state index is 0.0935. The second-order valence-electron chi connectivity index (χ2n) is 11.0. The van der Waals surface area contributed by atoms with Gasteiger partial charge in [-0.1, -0.05) is 95.7 Å². The number of rotatable bonds is 11. The van der Waals surface area contributed by atoms with Crippen molar-refractivity contribution in [1.82, 2.24) is 25.1 Å². The van der Waals surface area contributed by atoms with Gasteiger partial charge in [-0.15, -0.1) is 21.5 Å². The molecule has 45 heavy (non-hydrogen) atoms. The zero-order valence-corrected chi connectivity index (χ0v) is 26.9. The van der Waals surface area contributed by atoms with Crippen LogP contribution in [0.3, 0.4) is 0 Å². The van der Waals surface area contributed by atoms with Gasteiger partial charge in [-0.2, -0.15) is 5.10 Å². The summed E-state index contributed by atoms with van der Waals surface area (Å²) in [7, 11) is 0. The number of thioether (sulfide) groups is 1. The van der Waals surface area contributed by atoms with Gasteiger partial charge in [-0.3, -0.25) is 9.59 Å². The summed E-state index contributed by atoms with van der Waals surface area (Å²) in [6, 6.07) is 29.9. The highest BCUT2D eigenvalue weighted by Gasteiger charge is 2.33. The third-order valence-corrected chi connectivity index (χ3v) is 9.58. The maximum atomic E-state index is 13.8. The number of hydrogen-bond acceptors (Lipinski definition) is 7. The standard InChI is InChI=1S/C35H34N6O2S2/c1-24-13-15-27(16-14-24)30-21-29(31-12-7-19-44-31)39-41(30)33(42)23-45-35-38-37-32(40(35)18-17-26-9-4-3-5-10-26)22-36-34(43)28-11-6-8-25(2)20-28/h3-16,19-20,30H,17-18,21-23H2,1-2H3,(H,36,43)/t30-/m0/s1. The van der Waals surface area contributed by atoms with E-state index in [-0.39, 0.29) is 30.2 Å². The molecule has 0 bridgehead atoms. The Morgan fingerprint density at radius 1 is 0.933 bits per heavy atom. The molecule has 3 aromatic carbocycles. The second kappa shape index (κ2) is 14.0. The number of nitrogens with one attached hydrogen (secondary N) is 1. The summed E-state index contributed by atoms with van der Waals surface area (Å²) < 4.78 is 2.00. The molecule has 3 heterocycles. The Hall–Kier alpha value is -4.54. The summed E-state index contributed by atoms with van der Waals surface area (Å²) >= 11 is 2.98. The first-order chi connectivity index (χ1) is 21.9. The van der Waals surface area contributed by atoms with Gasteiger partial charge in [-0.05, 0) is 55.0 Å². The van der Waals surface area contributed by atoms with Crippen LogP contribution in [-0.4, -0.2) is 43.1 Å². The van der Waals surface area contributed by atoms with Crippen molar-refractivity contribution < 1.29 is 9.59 Å². The molecule has 10 heteroatoms. The number of hydrazone groups is 1. The molecule has 1 aliphatic heterocycles. The predicted molar refractivity (Wildman–Crippen MR) is 179 cm³/mol. The van der Waals surface area contributed by atoms with Crippen molar-refractivity contribution in [3.63, 3.8) is 0 Å². The summed E-state index contributed by atoms with van der Waals surface area (Å²) in [4.78, 5) is 27.7. The van der Waals surface area contributed by atoms with E-state index in [1.807, 2.05) is 65.4 Å². The lowest BCUT2D eigenvalue weighted by Crippen LogP contribution is -2.28. The zero-order chi connectivity index (χ0) is 31.2. The lowest BCUT2D eigenvalue weighted by atomic mass is 10.00. The fourth-order valence-electron chi connectivity index (χ4n) is 5.29. The van der Waals surface area contributed by atoms with Crippen LogP contribution in [0.5, 0.6) is 0 Å². The first kappa shape index (κ1) is 30.5. The fourth-order valence-corrected chi connectivity index (χ4v) is 6.84. The van der Waals surface area contributed by atoms with Crippen LogP contribution in [-0.2, 0) is 24.3 Å². The van der Waals surface area contributed by atoms with Crippen LogP contribution in [0.2, 0.25) is 0 Å². The Labute approximate surface area is 271 Å². The highest BCUT2D eigenvalue weighted by Crippen LogP contribution is 2.35. The molecular formula is C35H34N6O2S2. The Bertz CT molecular complexity index is 1800. The van der Waals surface area contributed by atoms with Crippen molar-refractivity contribution >= 4 is 40.6 Å². The average Bonchev–Trinajstić information content (AvgIpc) is 3.83. The van der Waals surface area contributed by atoms with E-state index in [1.54, 1.807) is 22.4 Å². The zero-order valence-electron chi connectivity index (χ0n) is 25.2. The molecule has 1 atom stereocenters. The van der Waals surface area contributed by atoms with Gasteiger partial charge in [0, 0.05) is 18.5 Å². The molecule has 0 fully saturated rings. The number of benzene rings is 3. The van der Waals surface area contributed by atoms with Gasteiger partial charge < -0.3 is 9.88 Å². The number of hydrogen-bond donors (Lipinski definition) is 1. The van der Waals surface area contributed by atoms with E-state index < -0.39 is 0 Å². The van der Waals surface area contributed by atoms with Crippen LogP contribution < -0.4 is 5.32 Å². The largest absolute Gasteiger partial charge is 0.345 e. The van der Waals surface area contributed by atoms with E-state index in [0.29, 0.717) is 29.5 Å².